The SMILES string of the molecule is COc1nc2ccccc2n1-c1nc(C)nc(NCc2ccccc2)n1. The molecule has 0 bridgehead atoms. The number of fused-ring (bicyclic) bond motifs is 1. The average molecular weight is 346 g/mol. The quantitative estimate of drug-likeness (QED) is 0.598. The van der Waals surface area contributed by atoms with E-state index in [-0.39, 0.29) is 0 Å². The molecule has 2 aromatic heterocycles. The van der Waals surface area contributed by atoms with Gasteiger partial charge in [-0.1, -0.05) is 42.5 Å². The molecule has 0 saturated carbocycles. The van der Waals surface area contributed by atoms with Crippen LogP contribution in [0.2, 0.25) is 0 Å². The highest BCUT2D eigenvalue weighted by atomic mass is 16.5. The molecule has 4 rings (SSSR count). The van der Waals surface area contributed by atoms with Crippen LogP contribution >= 0.6 is 0 Å². The molecule has 2 heterocycles. The van der Waals surface area contributed by atoms with E-state index in [9.17, 15) is 0 Å². The molecule has 7 nitrogen and oxygen atoms in total. The summed E-state index contributed by atoms with van der Waals surface area (Å²) in [4.78, 5) is 17.9. The van der Waals surface area contributed by atoms with E-state index in [0.29, 0.717) is 30.3 Å². The molecule has 4 aromatic rings. The molecule has 0 saturated heterocycles. The van der Waals surface area contributed by atoms with Gasteiger partial charge in [0.05, 0.1) is 18.1 Å². The monoisotopic (exact) mass is 346 g/mol. The molecule has 0 aliphatic rings. The number of para-hydroxylation sites is 2. The standard InChI is InChI=1S/C19H18N6O/c1-13-21-17(20-12-14-8-4-3-5-9-14)24-18(22-13)25-16-11-7-6-10-15(16)23-19(25)26-2/h3-11H,12H2,1-2H3,(H,20,21,22,24). The molecule has 130 valence electrons. The minimum absolute atomic E-state index is 0.436. The zero-order valence-electron chi connectivity index (χ0n) is 14.5. The van der Waals surface area contributed by atoms with Gasteiger partial charge < -0.3 is 10.1 Å². The van der Waals surface area contributed by atoms with E-state index in [1.54, 1.807) is 11.7 Å². The summed E-state index contributed by atoms with van der Waals surface area (Å²) in [6.07, 6.45) is 0. The minimum Gasteiger partial charge on any atom is -0.468 e. The van der Waals surface area contributed by atoms with Gasteiger partial charge in [-0.25, -0.2) is 4.57 Å². The van der Waals surface area contributed by atoms with Crippen LogP contribution in [-0.4, -0.2) is 31.6 Å². The molecule has 0 radical (unpaired) electrons. The van der Waals surface area contributed by atoms with Gasteiger partial charge in [0.25, 0.3) is 0 Å². The van der Waals surface area contributed by atoms with Gasteiger partial charge in [-0.3, -0.25) is 0 Å². The predicted octanol–water partition coefficient (Wildman–Crippen LogP) is 3.14. The summed E-state index contributed by atoms with van der Waals surface area (Å²) < 4.78 is 7.21. The van der Waals surface area contributed by atoms with Crippen molar-refractivity contribution in [3.8, 4) is 12.0 Å². The first-order chi connectivity index (χ1) is 12.7. The van der Waals surface area contributed by atoms with Crippen molar-refractivity contribution in [3.63, 3.8) is 0 Å². The van der Waals surface area contributed by atoms with Crippen LogP contribution in [0, 0.1) is 6.92 Å². The molecule has 0 amide bonds. The van der Waals surface area contributed by atoms with E-state index in [1.165, 1.54) is 0 Å². The normalized spacial score (nSPS) is 10.8. The van der Waals surface area contributed by atoms with Crippen LogP contribution in [0.25, 0.3) is 17.0 Å². The molecular formula is C19H18N6O. The zero-order chi connectivity index (χ0) is 17.9. The Morgan fingerprint density at radius 3 is 2.50 bits per heavy atom. The summed E-state index contributed by atoms with van der Waals surface area (Å²) in [5.41, 5.74) is 2.85. The van der Waals surface area contributed by atoms with Crippen molar-refractivity contribution in [2.45, 2.75) is 13.5 Å². The fraction of sp³-hybridized carbons (Fsp3) is 0.158. The Hall–Kier alpha value is -3.48. The molecule has 0 fully saturated rings. The third kappa shape index (κ3) is 3.06. The molecule has 7 heteroatoms. The Morgan fingerprint density at radius 1 is 0.923 bits per heavy atom. The zero-order valence-corrected chi connectivity index (χ0v) is 14.5. The van der Waals surface area contributed by atoms with Crippen LogP contribution in [-0.2, 0) is 6.54 Å². The first-order valence-corrected chi connectivity index (χ1v) is 8.27. The Morgan fingerprint density at radius 2 is 1.69 bits per heavy atom. The Bertz CT molecular complexity index is 1040. The van der Waals surface area contributed by atoms with Gasteiger partial charge in [0.2, 0.25) is 11.9 Å². The maximum atomic E-state index is 5.42. The van der Waals surface area contributed by atoms with Crippen molar-refractivity contribution in [1.82, 2.24) is 24.5 Å². The summed E-state index contributed by atoms with van der Waals surface area (Å²) in [7, 11) is 1.58. The first-order valence-electron chi connectivity index (χ1n) is 8.27. The summed E-state index contributed by atoms with van der Waals surface area (Å²) in [5, 5.41) is 3.25. The molecule has 1 N–H and O–H groups in total. The predicted molar refractivity (Wildman–Crippen MR) is 99.5 cm³/mol. The third-order valence-electron chi connectivity index (χ3n) is 3.94. The number of anilines is 1. The fourth-order valence-corrected chi connectivity index (χ4v) is 2.76. The summed E-state index contributed by atoms with van der Waals surface area (Å²) in [6, 6.07) is 18.3. The number of nitrogens with one attached hydrogen (secondary N) is 1. The van der Waals surface area contributed by atoms with Crippen molar-refractivity contribution in [3.05, 3.63) is 66.0 Å². The number of aromatic nitrogens is 5. The second-order valence-electron chi connectivity index (χ2n) is 5.77. The summed E-state index contributed by atoms with van der Waals surface area (Å²) in [5.74, 6) is 1.60. The second-order valence-corrected chi connectivity index (χ2v) is 5.77. The smallest absolute Gasteiger partial charge is 0.304 e. The van der Waals surface area contributed by atoms with Gasteiger partial charge in [-0.05, 0) is 24.6 Å². The van der Waals surface area contributed by atoms with Crippen LogP contribution in [0.15, 0.2) is 54.6 Å². The number of hydrogen-bond donors (Lipinski definition) is 1. The highest BCUT2D eigenvalue weighted by molar-refractivity contribution is 5.78. The van der Waals surface area contributed by atoms with Crippen molar-refractivity contribution in [1.29, 1.82) is 0 Å². The van der Waals surface area contributed by atoms with Crippen LogP contribution in [0.1, 0.15) is 11.4 Å². The number of ether oxygens (including phenoxy) is 1. The number of methoxy groups -OCH3 is 1. The highest BCUT2D eigenvalue weighted by Gasteiger charge is 2.16. The van der Waals surface area contributed by atoms with Gasteiger partial charge >= 0.3 is 6.01 Å². The number of hydrogen-bond acceptors (Lipinski definition) is 6. The number of nitrogens with zero attached hydrogens (tertiary/aromatic N) is 5. The lowest BCUT2D eigenvalue weighted by atomic mass is 10.2. The van der Waals surface area contributed by atoms with Crippen molar-refractivity contribution < 1.29 is 4.74 Å². The van der Waals surface area contributed by atoms with Gasteiger partial charge in [-0.15, -0.1) is 0 Å². The van der Waals surface area contributed by atoms with E-state index in [1.807, 2.05) is 61.5 Å². The molecule has 0 unspecified atom stereocenters. The Labute approximate surface area is 150 Å². The highest BCUT2D eigenvalue weighted by Crippen LogP contribution is 2.24. The average Bonchev–Trinajstić information content (AvgIpc) is 3.05. The first kappa shape index (κ1) is 16.0. The van der Waals surface area contributed by atoms with Gasteiger partial charge in [0, 0.05) is 6.54 Å². The lowest BCUT2D eigenvalue weighted by Crippen LogP contribution is -2.11. The van der Waals surface area contributed by atoms with E-state index in [2.05, 4.69) is 25.3 Å². The summed E-state index contributed by atoms with van der Waals surface area (Å²) >= 11 is 0. The van der Waals surface area contributed by atoms with Crippen molar-refractivity contribution in [2.24, 2.45) is 0 Å². The van der Waals surface area contributed by atoms with Crippen LogP contribution in [0.3, 0.4) is 0 Å². The molecular weight excluding hydrogens is 328 g/mol. The van der Waals surface area contributed by atoms with Gasteiger partial charge in [0.1, 0.15) is 5.82 Å². The minimum atomic E-state index is 0.436. The van der Waals surface area contributed by atoms with Crippen molar-refractivity contribution in [2.75, 3.05) is 12.4 Å². The fourth-order valence-electron chi connectivity index (χ4n) is 2.76. The third-order valence-corrected chi connectivity index (χ3v) is 3.94. The molecule has 0 aliphatic heterocycles. The molecule has 0 spiro atoms. The lowest BCUT2D eigenvalue weighted by molar-refractivity contribution is 0.374. The van der Waals surface area contributed by atoms with Crippen molar-refractivity contribution >= 4 is 17.0 Å². The molecule has 2 aromatic carbocycles. The largest absolute Gasteiger partial charge is 0.468 e. The number of imidazole rings is 1. The maximum Gasteiger partial charge on any atom is 0.304 e. The number of rotatable bonds is 5. The lowest BCUT2D eigenvalue weighted by Gasteiger charge is -2.10. The van der Waals surface area contributed by atoms with Crippen LogP contribution < -0.4 is 10.1 Å². The Balaban J connectivity index is 1.73. The molecule has 0 atom stereocenters. The maximum absolute atomic E-state index is 5.42. The van der Waals surface area contributed by atoms with E-state index in [4.69, 9.17) is 4.74 Å². The summed E-state index contributed by atoms with van der Waals surface area (Å²) in [6.45, 7) is 2.47. The topological polar surface area (TPSA) is 77.8 Å². The number of aryl methyl sites for hydroxylation is 1. The van der Waals surface area contributed by atoms with E-state index < -0.39 is 0 Å². The molecule has 0 aliphatic carbocycles. The van der Waals surface area contributed by atoms with E-state index in [0.717, 1.165) is 16.6 Å². The van der Waals surface area contributed by atoms with Gasteiger partial charge in [0.15, 0.2) is 0 Å². The second kappa shape index (κ2) is 6.79. The molecule has 26 heavy (non-hydrogen) atoms. The van der Waals surface area contributed by atoms with E-state index >= 15 is 0 Å². The Kier molecular flexibility index (Phi) is 4.18. The van der Waals surface area contributed by atoms with Crippen LogP contribution in [0.5, 0.6) is 6.01 Å². The number of benzene rings is 2. The van der Waals surface area contributed by atoms with Gasteiger partial charge in [-0.2, -0.15) is 19.9 Å². The van der Waals surface area contributed by atoms with Crippen LogP contribution in [0.4, 0.5) is 5.95 Å².